The highest BCUT2D eigenvalue weighted by Crippen LogP contribution is 2.26. The summed E-state index contributed by atoms with van der Waals surface area (Å²) in [5.74, 6) is -0.323. The zero-order valence-electron chi connectivity index (χ0n) is 9.56. The minimum atomic E-state index is -0.323. The quantitative estimate of drug-likeness (QED) is 0.814. The fourth-order valence-corrected chi connectivity index (χ4v) is 2.12. The molecule has 2 rings (SSSR count). The Labute approximate surface area is 104 Å². The molecule has 1 aliphatic heterocycles. The van der Waals surface area contributed by atoms with E-state index in [-0.39, 0.29) is 11.1 Å². The highest BCUT2D eigenvalue weighted by Gasteiger charge is 2.24. The van der Waals surface area contributed by atoms with Crippen LogP contribution < -0.4 is 10.2 Å². The van der Waals surface area contributed by atoms with Gasteiger partial charge in [-0.05, 0) is 35.5 Å². The van der Waals surface area contributed by atoms with E-state index in [0.29, 0.717) is 4.91 Å². The van der Waals surface area contributed by atoms with E-state index in [1.807, 2.05) is 43.3 Å². The van der Waals surface area contributed by atoms with Crippen molar-refractivity contribution in [3.8, 4) is 0 Å². The molecule has 2 amide bonds. The van der Waals surface area contributed by atoms with E-state index in [9.17, 15) is 9.59 Å². The van der Waals surface area contributed by atoms with Gasteiger partial charge in [-0.3, -0.25) is 14.9 Å². The number of anilines is 1. The number of carbonyl (C=O) groups excluding carboxylic acids is 2. The lowest BCUT2D eigenvalue weighted by atomic mass is 10.2. The number of thioether (sulfide) groups is 1. The van der Waals surface area contributed by atoms with E-state index in [4.69, 9.17) is 0 Å². The van der Waals surface area contributed by atoms with Crippen molar-refractivity contribution in [3.63, 3.8) is 0 Å². The summed E-state index contributed by atoms with van der Waals surface area (Å²) in [5.41, 5.74) is 2.00. The zero-order chi connectivity index (χ0) is 12.4. The van der Waals surface area contributed by atoms with Crippen LogP contribution >= 0.6 is 11.8 Å². The van der Waals surface area contributed by atoms with E-state index >= 15 is 0 Å². The van der Waals surface area contributed by atoms with Crippen molar-refractivity contribution in [2.75, 3.05) is 19.0 Å². The first-order chi connectivity index (χ1) is 8.06. The molecule has 0 saturated carbocycles. The number of nitrogens with one attached hydrogen (secondary N) is 1. The van der Waals surface area contributed by atoms with Crippen LogP contribution in [0.5, 0.6) is 0 Å². The van der Waals surface area contributed by atoms with Gasteiger partial charge in [0.15, 0.2) is 0 Å². The topological polar surface area (TPSA) is 49.4 Å². The summed E-state index contributed by atoms with van der Waals surface area (Å²) in [6, 6.07) is 7.76. The van der Waals surface area contributed by atoms with E-state index in [0.717, 1.165) is 23.0 Å². The maximum atomic E-state index is 11.3. The number of carbonyl (C=O) groups is 2. The maximum absolute atomic E-state index is 11.3. The van der Waals surface area contributed by atoms with E-state index in [2.05, 4.69) is 5.32 Å². The van der Waals surface area contributed by atoms with Crippen LogP contribution in [0, 0.1) is 0 Å². The molecular weight excluding hydrogens is 236 g/mol. The third kappa shape index (κ3) is 2.68. The summed E-state index contributed by atoms with van der Waals surface area (Å²) >= 11 is 0.930. The van der Waals surface area contributed by atoms with Crippen LogP contribution in [0.3, 0.4) is 0 Å². The van der Waals surface area contributed by atoms with E-state index in [1.165, 1.54) is 0 Å². The monoisotopic (exact) mass is 248 g/mol. The van der Waals surface area contributed by atoms with Gasteiger partial charge in [0.2, 0.25) is 0 Å². The first-order valence-corrected chi connectivity index (χ1v) is 5.90. The molecule has 1 heterocycles. The Bertz CT molecular complexity index is 492. The number of hydrogen-bond donors (Lipinski definition) is 1. The SMILES string of the molecule is CN(C)c1ccc(C=C2SC(=O)NC2=O)cc1. The fraction of sp³-hybridized carbons (Fsp3) is 0.167. The first-order valence-electron chi connectivity index (χ1n) is 5.08. The molecule has 0 unspecified atom stereocenters. The van der Waals surface area contributed by atoms with Gasteiger partial charge in [-0.25, -0.2) is 0 Å². The van der Waals surface area contributed by atoms with E-state index in [1.54, 1.807) is 6.08 Å². The van der Waals surface area contributed by atoms with Gasteiger partial charge in [0.05, 0.1) is 4.91 Å². The zero-order valence-corrected chi connectivity index (χ0v) is 10.4. The van der Waals surface area contributed by atoms with Crippen molar-refractivity contribution in [2.24, 2.45) is 0 Å². The lowest BCUT2D eigenvalue weighted by molar-refractivity contribution is -0.115. The number of amides is 2. The third-order valence-electron chi connectivity index (χ3n) is 2.35. The maximum Gasteiger partial charge on any atom is 0.290 e. The van der Waals surface area contributed by atoms with Crippen LogP contribution in [0.1, 0.15) is 5.56 Å². The molecule has 0 bridgehead atoms. The molecule has 4 nitrogen and oxygen atoms in total. The average Bonchev–Trinajstić information content (AvgIpc) is 2.58. The molecule has 1 N–H and O–H groups in total. The lowest BCUT2D eigenvalue weighted by Gasteiger charge is -2.11. The number of nitrogens with zero attached hydrogens (tertiary/aromatic N) is 1. The Kier molecular flexibility index (Phi) is 3.19. The van der Waals surface area contributed by atoms with Gasteiger partial charge in [0, 0.05) is 19.8 Å². The number of benzene rings is 1. The number of imide groups is 1. The molecule has 5 heteroatoms. The largest absolute Gasteiger partial charge is 0.378 e. The van der Waals surface area contributed by atoms with Crippen molar-refractivity contribution < 1.29 is 9.59 Å². The molecule has 0 atom stereocenters. The van der Waals surface area contributed by atoms with Gasteiger partial charge in [0.25, 0.3) is 11.1 Å². The minimum absolute atomic E-state index is 0.314. The predicted octanol–water partition coefficient (Wildman–Crippen LogP) is 2.08. The van der Waals surface area contributed by atoms with Crippen LogP contribution in [-0.2, 0) is 4.79 Å². The summed E-state index contributed by atoms with van der Waals surface area (Å²) < 4.78 is 0. The molecule has 1 aromatic carbocycles. The third-order valence-corrected chi connectivity index (χ3v) is 3.16. The van der Waals surface area contributed by atoms with Gasteiger partial charge >= 0.3 is 0 Å². The molecule has 1 saturated heterocycles. The second-order valence-corrected chi connectivity index (χ2v) is 4.85. The van der Waals surface area contributed by atoms with Crippen LogP contribution in [-0.4, -0.2) is 25.2 Å². The molecule has 0 aromatic heterocycles. The van der Waals surface area contributed by atoms with Crippen LogP contribution in [0.25, 0.3) is 6.08 Å². The van der Waals surface area contributed by atoms with Crippen LogP contribution in [0.15, 0.2) is 29.2 Å². The summed E-state index contributed by atoms with van der Waals surface area (Å²) in [6.45, 7) is 0. The molecule has 0 spiro atoms. The molecule has 17 heavy (non-hydrogen) atoms. The number of hydrogen-bond acceptors (Lipinski definition) is 4. The Morgan fingerprint density at radius 3 is 2.29 bits per heavy atom. The average molecular weight is 248 g/mol. The highest BCUT2D eigenvalue weighted by atomic mass is 32.2. The second kappa shape index (κ2) is 4.63. The molecule has 88 valence electrons. The Hall–Kier alpha value is -1.75. The first kappa shape index (κ1) is 11.7. The van der Waals surface area contributed by atoms with Crippen LogP contribution in [0.4, 0.5) is 10.5 Å². The summed E-state index contributed by atoms with van der Waals surface area (Å²) in [5, 5.41) is 1.91. The molecule has 1 aromatic rings. The fourth-order valence-electron chi connectivity index (χ4n) is 1.44. The standard InChI is InChI=1S/C12H12N2O2S/c1-14(2)9-5-3-8(4-6-9)7-10-11(15)13-12(16)17-10/h3-7H,1-2H3,(H,13,15,16). The second-order valence-electron chi connectivity index (χ2n) is 3.84. The molecule has 1 fully saturated rings. The molecule has 1 aliphatic rings. The number of rotatable bonds is 2. The predicted molar refractivity (Wildman–Crippen MR) is 69.9 cm³/mol. The normalized spacial score (nSPS) is 17.4. The molecular formula is C12H12N2O2S. The van der Waals surface area contributed by atoms with Gasteiger partial charge in [-0.2, -0.15) is 0 Å². The van der Waals surface area contributed by atoms with Crippen molar-refractivity contribution in [1.29, 1.82) is 0 Å². The Balaban J connectivity index is 2.21. The summed E-state index contributed by atoms with van der Waals surface area (Å²) in [7, 11) is 3.93. The highest BCUT2D eigenvalue weighted by molar-refractivity contribution is 8.18. The summed E-state index contributed by atoms with van der Waals surface area (Å²) in [4.78, 5) is 24.8. The van der Waals surface area contributed by atoms with Crippen LogP contribution in [0.2, 0.25) is 0 Å². The van der Waals surface area contributed by atoms with Crippen molar-refractivity contribution >= 4 is 34.7 Å². The van der Waals surface area contributed by atoms with Crippen molar-refractivity contribution in [1.82, 2.24) is 5.32 Å². The van der Waals surface area contributed by atoms with Gasteiger partial charge in [0.1, 0.15) is 0 Å². The van der Waals surface area contributed by atoms with E-state index < -0.39 is 0 Å². The summed E-state index contributed by atoms with van der Waals surface area (Å²) in [6.07, 6.45) is 1.71. The smallest absolute Gasteiger partial charge is 0.290 e. The molecule has 0 aliphatic carbocycles. The van der Waals surface area contributed by atoms with Gasteiger partial charge < -0.3 is 4.90 Å². The molecule has 0 radical (unpaired) electrons. The van der Waals surface area contributed by atoms with Crippen molar-refractivity contribution in [2.45, 2.75) is 0 Å². The Morgan fingerprint density at radius 1 is 1.18 bits per heavy atom. The van der Waals surface area contributed by atoms with Crippen molar-refractivity contribution in [3.05, 3.63) is 34.7 Å². The van der Waals surface area contributed by atoms with Gasteiger partial charge in [-0.15, -0.1) is 0 Å². The lowest BCUT2D eigenvalue weighted by Crippen LogP contribution is -2.17. The minimum Gasteiger partial charge on any atom is -0.378 e. The Morgan fingerprint density at radius 2 is 1.82 bits per heavy atom. The van der Waals surface area contributed by atoms with Gasteiger partial charge in [-0.1, -0.05) is 12.1 Å².